The topological polar surface area (TPSA) is 84.9 Å². The van der Waals surface area contributed by atoms with Crippen LogP contribution in [0.25, 0.3) is 0 Å². The van der Waals surface area contributed by atoms with Crippen molar-refractivity contribution >= 4 is 34.6 Å². The Morgan fingerprint density at radius 2 is 2.05 bits per heavy atom. The van der Waals surface area contributed by atoms with Gasteiger partial charge in [0.15, 0.2) is 0 Å². The Morgan fingerprint density at radius 3 is 2.87 bits per heavy atom. The Balaban J connectivity index is 1.37. The van der Waals surface area contributed by atoms with E-state index in [9.17, 15) is 14.5 Å². The number of halogens is 1. The molecule has 2 N–H and O–H groups in total. The lowest BCUT2D eigenvalue weighted by molar-refractivity contribution is 0.00885. The Hall–Kier alpha value is -1.67. The Bertz CT molecular complexity index is 1160. The molecule has 8 heteroatoms. The number of alkyl halides is 1. The zero-order chi connectivity index (χ0) is 27.1. The minimum atomic E-state index is -1.46. The second-order valence-corrected chi connectivity index (χ2v) is 14.6. The molecule has 5 aliphatic rings. The lowest BCUT2D eigenvalue weighted by Gasteiger charge is -2.46. The standard InChI is InChI=1S/C31H41ClN2O4S/c1-20-5-2-3-7-28(35)25-11-8-23(25)17-34-18-31(14-4-6-21-15-24(32)10-12-26(21)31)19-38-29-13-9-22(16-27(29)34)30(36)33-39(20)37/h9-10,12-13,16,20,23-25,28,35H,2-8,11,14-15,17-19H2,1H3,(H,33,36)/t20-,23?,24?,25?,28?,31?,39?/m0/s1. The van der Waals surface area contributed by atoms with Crippen molar-refractivity contribution in [1.82, 2.24) is 4.72 Å². The maximum atomic E-state index is 13.2. The van der Waals surface area contributed by atoms with Gasteiger partial charge in [-0.05, 0) is 100 Å². The number of nitrogens with one attached hydrogen (secondary N) is 1. The van der Waals surface area contributed by atoms with Crippen LogP contribution in [0.2, 0.25) is 0 Å². The SMILES string of the molecule is C[C@H]1CCCCC(O)C2CCC2CN2CC3(CCCC4=C3C=CC(Cl)C4)COc3ccc(cc32)C(=O)N[S+]1[O-]. The molecule has 6 nitrogen and oxygen atoms in total. The minimum absolute atomic E-state index is 0.0531. The number of aliphatic hydroxyl groups is 1. The molecule has 1 fully saturated rings. The van der Waals surface area contributed by atoms with Gasteiger partial charge in [0, 0.05) is 24.1 Å². The van der Waals surface area contributed by atoms with E-state index in [2.05, 4.69) is 21.8 Å². The molecule has 6 unspecified atom stereocenters. The highest BCUT2D eigenvalue weighted by atomic mass is 35.5. The van der Waals surface area contributed by atoms with Gasteiger partial charge in [-0.3, -0.25) is 4.79 Å². The van der Waals surface area contributed by atoms with Gasteiger partial charge < -0.3 is 19.3 Å². The highest BCUT2D eigenvalue weighted by Gasteiger charge is 2.45. The first kappa shape index (κ1) is 27.5. The summed E-state index contributed by atoms with van der Waals surface area (Å²) in [5, 5.41) is 11.0. The normalized spacial score (nSPS) is 37.2. The molecule has 1 aromatic rings. The van der Waals surface area contributed by atoms with E-state index in [0.717, 1.165) is 88.7 Å². The average molecular weight is 573 g/mol. The number of carbonyl (C=O) groups is 1. The molecule has 1 spiro atoms. The molecule has 6 rings (SSSR count). The molecular weight excluding hydrogens is 532 g/mol. The van der Waals surface area contributed by atoms with Gasteiger partial charge in [-0.1, -0.05) is 24.1 Å². The van der Waals surface area contributed by atoms with E-state index in [1.165, 1.54) is 11.1 Å². The predicted molar refractivity (Wildman–Crippen MR) is 157 cm³/mol. The van der Waals surface area contributed by atoms with E-state index in [1.54, 1.807) is 6.07 Å². The van der Waals surface area contributed by atoms with Gasteiger partial charge in [0.1, 0.15) is 11.0 Å². The number of fused-ring (bicyclic) bond motifs is 3. The molecular formula is C31H41ClN2O4S. The first-order valence-corrected chi connectivity index (χ1v) is 16.4. The zero-order valence-corrected chi connectivity index (χ0v) is 24.4. The van der Waals surface area contributed by atoms with Crippen molar-refractivity contribution < 1.29 is 19.2 Å². The van der Waals surface area contributed by atoms with Gasteiger partial charge in [-0.2, -0.15) is 4.72 Å². The van der Waals surface area contributed by atoms with Crippen molar-refractivity contribution in [1.29, 1.82) is 0 Å². The van der Waals surface area contributed by atoms with E-state index < -0.39 is 11.4 Å². The number of nitrogens with zero attached hydrogens (tertiary/aromatic N) is 1. The smallest absolute Gasteiger partial charge is 0.292 e. The Kier molecular flexibility index (Phi) is 7.97. The molecule has 1 saturated carbocycles. The number of allylic oxidation sites excluding steroid dienone is 3. The van der Waals surface area contributed by atoms with Crippen LogP contribution in [0.1, 0.15) is 81.5 Å². The summed E-state index contributed by atoms with van der Waals surface area (Å²) in [6.45, 7) is 4.15. The van der Waals surface area contributed by atoms with Crippen LogP contribution in [0, 0.1) is 17.3 Å². The molecule has 2 bridgehead atoms. The predicted octanol–water partition coefficient (Wildman–Crippen LogP) is 5.66. The van der Waals surface area contributed by atoms with Crippen molar-refractivity contribution in [2.24, 2.45) is 17.3 Å². The second-order valence-electron chi connectivity index (χ2n) is 12.5. The van der Waals surface area contributed by atoms with E-state index in [0.29, 0.717) is 24.0 Å². The number of benzene rings is 1. The summed E-state index contributed by atoms with van der Waals surface area (Å²) < 4.78 is 22.2. The molecule has 7 atom stereocenters. The van der Waals surface area contributed by atoms with Crippen LogP contribution in [-0.4, -0.2) is 52.0 Å². The van der Waals surface area contributed by atoms with Crippen LogP contribution in [-0.2, 0) is 11.4 Å². The molecule has 0 radical (unpaired) electrons. The van der Waals surface area contributed by atoms with Crippen LogP contribution in [0.3, 0.4) is 0 Å². The highest BCUT2D eigenvalue weighted by molar-refractivity contribution is 7.90. The van der Waals surface area contributed by atoms with Crippen molar-refractivity contribution in [3.63, 3.8) is 0 Å². The summed E-state index contributed by atoms with van der Waals surface area (Å²) in [5.74, 6) is 1.19. The van der Waals surface area contributed by atoms with Gasteiger partial charge in [-0.15, -0.1) is 11.6 Å². The maximum absolute atomic E-state index is 13.2. The van der Waals surface area contributed by atoms with Gasteiger partial charge in [0.2, 0.25) is 0 Å². The molecule has 3 aliphatic carbocycles. The van der Waals surface area contributed by atoms with Gasteiger partial charge in [0.25, 0.3) is 5.91 Å². The summed E-state index contributed by atoms with van der Waals surface area (Å²) in [7, 11) is 0. The molecule has 0 aromatic heterocycles. The Labute approximate surface area is 240 Å². The van der Waals surface area contributed by atoms with Crippen molar-refractivity contribution in [3.8, 4) is 5.75 Å². The third-order valence-electron chi connectivity index (χ3n) is 9.90. The van der Waals surface area contributed by atoms with Crippen LogP contribution < -0.4 is 14.4 Å². The van der Waals surface area contributed by atoms with E-state index >= 15 is 0 Å². The fraction of sp³-hybridized carbons (Fsp3) is 0.645. The van der Waals surface area contributed by atoms with Gasteiger partial charge in [0.05, 0.1) is 35.1 Å². The average Bonchev–Trinajstić information content (AvgIpc) is 3.05. The number of hydrogen-bond donors (Lipinski definition) is 2. The first-order valence-electron chi connectivity index (χ1n) is 14.8. The second kappa shape index (κ2) is 11.3. The number of carbonyl (C=O) groups excluding carboxylic acids is 1. The monoisotopic (exact) mass is 572 g/mol. The largest absolute Gasteiger partial charge is 0.593 e. The number of rotatable bonds is 0. The van der Waals surface area contributed by atoms with Crippen LogP contribution in [0.4, 0.5) is 5.69 Å². The Morgan fingerprint density at radius 1 is 1.21 bits per heavy atom. The van der Waals surface area contributed by atoms with Crippen LogP contribution in [0.15, 0.2) is 41.5 Å². The van der Waals surface area contributed by atoms with E-state index in [4.69, 9.17) is 16.3 Å². The quantitative estimate of drug-likeness (QED) is 0.309. The number of amides is 1. The summed E-state index contributed by atoms with van der Waals surface area (Å²) >= 11 is 5.06. The molecule has 39 heavy (non-hydrogen) atoms. The number of ether oxygens (including phenoxy) is 1. The van der Waals surface area contributed by atoms with E-state index in [-0.39, 0.29) is 28.1 Å². The van der Waals surface area contributed by atoms with Gasteiger partial charge >= 0.3 is 0 Å². The molecule has 1 aromatic carbocycles. The third-order valence-corrected chi connectivity index (χ3v) is 11.6. The fourth-order valence-corrected chi connectivity index (χ4v) is 8.62. The molecule has 0 saturated heterocycles. The number of hydrogen-bond acceptors (Lipinski definition) is 5. The van der Waals surface area contributed by atoms with E-state index in [1.807, 2.05) is 19.1 Å². The number of aliphatic hydroxyl groups excluding tert-OH is 1. The summed E-state index contributed by atoms with van der Waals surface area (Å²) in [4.78, 5) is 15.6. The minimum Gasteiger partial charge on any atom is -0.593 e. The summed E-state index contributed by atoms with van der Waals surface area (Å²) in [6.07, 6.45) is 13.8. The summed E-state index contributed by atoms with van der Waals surface area (Å²) in [6, 6.07) is 5.61. The lowest BCUT2D eigenvalue weighted by atomic mass is 9.66. The van der Waals surface area contributed by atoms with Crippen LogP contribution >= 0.6 is 11.6 Å². The number of anilines is 1. The third kappa shape index (κ3) is 5.49. The first-order chi connectivity index (χ1) is 18.8. The summed E-state index contributed by atoms with van der Waals surface area (Å²) in [5.41, 5.74) is 4.13. The van der Waals surface area contributed by atoms with Crippen molar-refractivity contribution in [2.75, 3.05) is 24.6 Å². The van der Waals surface area contributed by atoms with Gasteiger partial charge in [-0.25, -0.2) is 0 Å². The molecule has 212 valence electrons. The maximum Gasteiger partial charge on any atom is 0.292 e. The van der Waals surface area contributed by atoms with Crippen LogP contribution in [0.5, 0.6) is 5.75 Å². The van der Waals surface area contributed by atoms with Crippen molar-refractivity contribution in [2.45, 2.75) is 87.9 Å². The highest BCUT2D eigenvalue weighted by Crippen LogP contribution is 2.50. The molecule has 2 aliphatic heterocycles. The molecule has 2 heterocycles. The lowest BCUT2D eigenvalue weighted by Crippen LogP contribution is -2.48. The molecule has 1 amide bonds. The fourth-order valence-electron chi connectivity index (χ4n) is 7.48. The zero-order valence-electron chi connectivity index (χ0n) is 22.9. The van der Waals surface area contributed by atoms with Crippen molar-refractivity contribution in [3.05, 3.63) is 47.1 Å².